The lowest BCUT2D eigenvalue weighted by Crippen LogP contribution is -2.28. The molecule has 1 aromatic carbocycles. The molecule has 17 heavy (non-hydrogen) atoms. The van der Waals surface area contributed by atoms with E-state index in [1.165, 1.54) is 38.3 Å². The van der Waals surface area contributed by atoms with E-state index in [9.17, 15) is 4.79 Å². The molecule has 0 radical (unpaired) electrons. The van der Waals surface area contributed by atoms with E-state index < -0.39 is 0 Å². The molecule has 0 aromatic heterocycles. The molecule has 0 heterocycles. The van der Waals surface area contributed by atoms with Crippen LogP contribution in [0.4, 0.5) is 11.4 Å². The molecular formula is C14H20N2O. The second-order valence-corrected chi connectivity index (χ2v) is 4.78. The van der Waals surface area contributed by atoms with Crippen molar-refractivity contribution in [2.45, 2.75) is 38.6 Å². The monoisotopic (exact) mass is 232 g/mol. The highest BCUT2D eigenvalue weighted by Crippen LogP contribution is 2.27. The molecule has 1 aliphatic carbocycles. The average Bonchev–Trinajstić information content (AvgIpc) is 2.82. The van der Waals surface area contributed by atoms with Crippen molar-refractivity contribution in [3.63, 3.8) is 0 Å². The Balaban J connectivity index is 2.03. The van der Waals surface area contributed by atoms with Crippen LogP contribution < -0.4 is 10.2 Å². The van der Waals surface area contributed by atoms with Gasteiger partial charge in [0.15, 0.2) is 0 Å². The normalized spacial score (nSPS) is 15.9. The van der Waals surface area contributed by atoms with Crippen LogP contribution in [0.25, 0.3) is 0 Å². The van der Waals surface area contributed by atoms with Crippen LogP contribution in [-0.2, 0) is 4.79 Å². The van der Waals surface area contributed by atoms with E-state index in [0.29, 0.717) is 6.04 Å². The molecule has 0 spiro atoms. The van der Waals surface area contributed by atoms with Crippen molar-refractivity contribution in [2.75, 3.05) is 17.3 Å². The summed E-state index contributed by atoms with van der Waals surface area (Å²) in [6, 6.07) is 8.75. The molecule has 0 unspecified atom stereocenters. The van der Waals surface area contributed by atoms with Gasteiger partial charge in [-0.15, -0.1) is 0 Å². The predicted molar refractivity (Wildman–Crippen MR) is 71.4 cm³/mol. The third-order valence-corrected chi connectivity index (χ3v) is 3.47. The number of hydrogen-bond donors (Lipinski definition) is 1. The van der Waals surface area contributed by atoms with Gasteiger partial charge < -0.3 is 10.2 Å². The Morgan fingerprint density at radius 2 is 1.82 bits per heavy atom. The first-order valence-electron chi connectivity index (χ1n) is 6.27. The second kappa shape index (κ2) is 5.21. The zero-order valence-electron chi connectivity index (χ0n) is 10.6. The Morgan fingerprint density at radius 1 is 1.24 bits per heavy atom. The molecule has 0 atom stereocenters. The minimum Gasteiger partial charge on any atom is -0.372 e. The maximum atomic E-state index is 10.9. The van der Waals surface area contributed by atoms with Crippen molar-refractivity contribution in [2.24, 2.45) is 0 Å². The highest BCUT2D eigenvalue weighted by atomic mass is 16.1. The molecular weight excluding hydrogens is 212 g/mol. The van der Waals surface area contributed by atoms with E-state index >= 15 is 0 Å². The molecule has 1 amide bonds. The van der Waals surface area contributed by atoms with Gasteiger partial charge >= 0.3 is 0 Å². The second-order valence-electron chi connectivity index (χ2n) is 4.78. The molecule has 3 heteroatoms. The van der Waals surface area contributed by atoms with Gasteiger partial charge in [0, 0.05) is 31.4 Å². The minimum atomic E-state index is -0.0260. The molecule has 0 saturated heterocycles. The van der Waals surface area contributed by atoms with Crippen LogP contribution in [0.2, 0.25) is 0 Å². The fraction of sp³-hybridized carbons (Fsp3) is 0.500. The largest absolute Gasteiger partial charge is 0.372 e. The van der Waals surface area contributed by atoms with Gasteiger partial charge in [0.25, 0.3) is 0 Å². The van der Waals surface area contributed by atoms with Crippen molar-refractivity contribution >= 4 is 17.3 Å². The van der Waals surface area contributed by atoms with E-state index in [1.54, 1.807) is 0 Å². The van der Waals surface area contributed by atoms with Crippen LogP contribution >= 0.6 is 0 Å². The third-order valence-electron chi connectivity index (χ3n) is 3.47. The van der Waals surface area contributed by atoms with Gasteiger partial charge in [-0.25, -0.2) is 0 Å². The number of amides is 1. The first kappa shape index (κ1) is 12.0. The Hall–Kier alpha value is -1.51. The SMILES string of the molecule is CC(=O)Nc1ccc(N(C)C2CCCC2)cc1. The zero-order chi connectivity index (χ0) is 12.3. The smallest absolute Gasteiger partial charge is 0.221 e. The Bertz CT molecular complexity index is 380. The number of anilines is 2. The van der Waals surface area contributed by atoms with Crippen LogP contribution in [-0.4, -0.2) is 19.0 Å². The number of nitrogens with zero attached hydrogens (tertiary/aromatic N) is 1. The highest BCUT2D eigenvalue weighted by Gasteiger charge is 2.19. The summed E-state index contributed by atoms with van der Waals surface area (Å²) in [5.41, 5.74) is 2.09. The van der Waals surface area contributed by atoms with Crippen LogP contribution in [0.3, 0.4) is 0 Å². The summed E-state index contributed by atoms with van der Waals surface area (Å²) >= 11 is 0. The lowest BCUT2D eigenvalue weighted by Gasteiger charge is -2.26. The van der Waals surface area contributed by atoms with Crippen LogP contribution in [0.5, 0.6) is 0 Å². The Labute approximate surface area is 103 Å². The highest BCUT2D eigenvalue weighted by molar-refractivity contribution is 5.88. The molecule has 3 nitrogen and oxygen atoms in total. The van der Waals surface area contributed by atoms with Crippen molar-refractivity contribution in [3.8, 4) is 0 Å². The summed E-state index contributed by atoms with van der Waals surface area (Å²) in [7, 11) is 2.16. The Kier molecular flexibility index (Phi) is 3.67. The van der Waals surface area contributed by atoms with E-state index in [-0.39, 0.29) is 5.91 Å². The molecule has 0 aliphatic heterocycles. The van der Waals surface area contributed by atoms with E-state index in [1.807, 2.05) is 12.1 Å². The lowest BCUT2D eigenvalue weighted by atomic mass is 10.2. The van der Waals surface area contributed by atoms with Gasteiger partial charge in [0.05, 0.1) is 0 Å². The standard InChI is InChI=1S/C14H20N2O/c1-11(17)15-12-7-9-14(10-8-12)16(2)13-5-3-4-6-13/h7-10,13H,3-6H2,1-2H3,(H,15,17). The number of carbonyl (C=O) groups excluding carboxylic acids is 1. The topological polar surface area (TPSA) is 32.3 Å². The maximum Gasteiger partial charge on any atom is 0.221 e. The summed E-state index contributed by atoms with van der Waals surface area (Å²) in [5.74, 6) is -0.0260. The number of hydrogen-bond acceptors (Lipinski definition) is 2. The van der Waals surface area contributed by atoms with Gasteiger partial charge in [0.1, 0.15) is 0 Å². The molecule has 1 N–H and O–H groups in total. The fourth-order valence-electron chi connectivity index (χ4n) is 2.49. The van der Waals surface area contributed by atoms with Crippen molar-refractivity contribution < 1.29 is 4.79 Å². The van der Waals surface area contributed by atoms with E-state index in [0.717, 1.165) is 5.69 Å². The quantitative estimate of drug-likeness (QED) is 0.868. The summed E-state index contributed by atoms with van der Waals surface area (Å²) in [4.78, 5) is 13.3. The van der Waals surface area contributed by atoms with Gasteiger partial charge in [-0.1, -0.05) is 12.8 Å². The minimum absolute atomic E-state index is 0.0260. The first-order chi connectivity index (χ1) is 8.16. The maximum absolute atomic E-state index is 10.9. The predicted octanol–water partition coefficient (Wildman–Crippen LogP) is 3.02. The van der Waals surface area contributed by atoms with Gasteiger partial charge in [0.2, 0.25) is 5.91 Å². The summed E-state index contributed by atoms with van der Waals surface area (Å²) in [6.07, 6.45) is 5.28. The van der Waals surface area contributed by atoms with Gasteiger partial charge in [-0.3, -0.25) is 4.79 Å². The number of rotatable bonds is 3. The van der Waals surface area contributed by atoms with Crippen LogP contribution in [0.15, 0.2) is 24.3 Å². The van der Waals surface area contributed by atoms with Gasteiger partial charge in [-0.2, -0.15) is 0 Å². The van der Waals surface area contributed by atoms with E-state index in [4.69, 9.17) is 0 Å². The molecule has 2 rings (SSSR count). The first-order valence-corrected chi connectivity index (χ1v) is 6.27. The van der Waals surface area contributed by atoms with Crippen molar-refractivity contribution in [1.29, 1.82) is 0 Å². The Morgan fingerprint density at radius 3 is 2.35 bits per heavy atom. The fourth-order valence-corrected chi connectivity index (χ4v) is 2.49. The summed E-state index contributed by atoms with van der Waals surface area (Å²) < 4.78 is 0. The molecule has 1 aliphatic rings. The van der Waals surface area contributed by atoms with Gasteiger partial charge in [-0.05, 0) is 37.1 Å². The molecule has 1 fully saturated rings. The van der Waals surface area contributed by atoms with Crippen molar-refractivity contribution in [1.82, 2.24) is 0 Å². The number of carbonyl (C=O) groups is 1. The van der Waals surface area contributed by atoms with Crippen LogP contribution in [0.1, 0.15) is 32.6 Å². The average molecular weight is 232 g/mol. The summed E-state index contributed by atoms with van der Waals surface area (Å²) in [5, 5.41) is 2.78. The lowest BCUT2D eigenvalue weighted by molar-refractivity contribution is -0.114. The molecule has 92 valence electrons. The van der Waals surface area contributed by atoms with E-state index in [2.05, 4.69) is 29.4 Å². The number of nitrogens with one attached hydrogen (secondary N) is 1. The molecule has 0 bridgehead atoms. The molecule has 1 aromatic rings. The summed E-state index contributed by atoms with van der Waals surface area (Å²) in [6.45, 7) is 1.53. The number of benzene rings is 1. The van der Waals surface area contributed by atoms with Crippen molar-refractivity contribution in [3.05, 3.63) is 24.3 Å². The zero-order valence-corrected chi connectivity index (χ0v) is 10.6. The van der Waals surface area contributed by atoms with Crippen LogP contribution in [0, 0.1) is 0 Å². The third kappa shape index (κ3) is 2.99. The molecule has 1 saturated carbocycles.